The van der Waals surface area contributed by atoms with Gasteiger partial charge in [0.2, 0.25) is 0 Å². The van der Waals surface area contributed by atoms with E-state index in [0.29, 0.717) is 17.6 Å². The van der Waals surface area contributed by atoms with Gasteiger partial charge in [-0.25, -0.2) is 4.79 Å². The Morgan fingerprint density at radius 3 is 2.39 bits per heavy atom. The number of aliphatic hydroxyl groups is 1. The summed E-state index contributed by atoms with van der Waals surface area (Å²) < 4.78 is 24.4. The van der Waals surface area contributed by atoms with Crippen LogP contribution in [0.4, 0.5) is 0 Å². The lowest BCUT2D eigenvalue weighted by Gasteiger charge is -2.54. The number of ether oxygens (including phenoxy) is 4. The average Bonchev–Trinajstić information content (AvgIpc) is 3.36. The third-order valence-electron chi connectivity index (χ3n) is 10.9. The minimum Gasteiger partial charge on any atom is -0.458 e. The van der Waals surface area contributed by atoms with E-state index in [1.807, 2.05) is 27.7 Å². The Bertz CT molecular complexity index is 1180. The Hall–Kier alpha value is -2.03. The minimum absolute atomic E-state index is 0.341. The van der Waals surface area contributed by atoms with Gasteiger partial charge in [0.15, 0.2) is 17.0 Å². The molecular formula is C25H28O8. The minimum atomic E-state index is -2.06. The third-order valence-corrected chi connectivity index (χ3v) is 10.9. The Balaban J connectivity index is 1.57. The lowest BCUT2D eigenvalue weighted by molar-refractivity contribution is -0.168. The van der Waals surface area contributed by atoms with Gasteiger partial charge in [-0.1, -0.05) is 13.5 Å². The molecule has 2 spiro atoms. The number of hydrogen-bond donors (Lipinski definition) is 1. The van der Waals surface area contributed by atoms with E-state index in [1.54, 1.807) is 13.8 Å². The summed E-state index contributed by atoms with van der Waals surface area (Å²) in [6, 6.07) is 0. The number of rotatable bonds is 0. The second kappa shape index (κ2) is 4.72. The van der Waals surface area contributed by atoms with Crippen LogP contribution >= 0.6 is 0 Å². The van der Waals surface area contributed by atoms with Gasteiger partial charge in [-0.05, 0) is 46.6 Å². The van der Waals surface area contributed by atoms with Crippen molar-refractivity contribution in [1.82, 2.24) is 0 Å². The number of epoxide rings is 1. The van der Waals surface area contributed by atoms with Gasteiger partial charge in [0.05, 0.1) is 17.1 Å². The molecule has 8 heteroatoms. The third kappa shape index (κ3) is 1.45. The summed E-state index contributed by atoms with van der Waals surface area (Å²) in [5.41, 5.74) is -7.66. The lowest BCUT2D eigenvalue weighted by atomic mass is 9.44. The first-order valence-electron chi connectivity index (χ1n) is 11.6. The number of carbonyl (C=O) groups is 3. The topological polar surface area (TPSA) is 112 Å². The van der Waals surface area contributed by atoms with Crippen LogP contribution in [0.15, 0.2) is 23.8 Å². The number of carbonyl (C=O) groups excluding carboxylic acids is 3. The standard InChI is InChI=1S/C25H28O8/c1-10-20(5)9-13-21(6,23(10)18(28)30-11(2)24(23,29)17(20)27)15-16-25(33-16)12(22(13,7)32-15)8-14(26)31-19(25,3)4/h8,11,13,15-16,29H,1,9H2,2-7H3/t11-,13-,15+,16-,20-,21-,22+,23-,24+,25+/m1/s1. The lowest BCUT2D eigenvalue weighted by Crippen LogP contribution is -2.65. The van der Waals surface area contributed by atoms with E-state index < -0.39 is 74.7 Å². The van der Waals surface area contributed by atoms with Crippen molar-refractivity contribution in [2.45, 2.75) is 88.7 Å². The Labute approximate surface area is 191 Å². The molecule has 7 aliphatic rings. The van der Waals surface area contributed by atoms with Crippen LogP contribution < -0.4 is 0 Å². The molecular weight excluding hydrogens is 428 g/mol. The zero-order valence-corrected chi connectivity index (χ0v) is 19.6. The van der Waals surface area contributed by atoms with Crippen molar-refractivity contribution < 1.29 is 38.4 Å². The van der Waals surface area contributed by atoms with Gasteiger partial charge in [0.1, 0.15) is 23.2 Å². The van der Waals surface area contributed by atoms with Gasteiger partial charge < -0.3 is 24.1 Å². The first kappa shape index (κ1) is 20.4. The highest BCUT2D eigenvalue weighted by atomic mass is 16.7. The molecule has 176 valence electrons. The molecule has 0 unspecified atom stereocenters. The maximum Gasteiger partial charge on any atom is 0.331 e. The summed E-state index contributed by atoms with van der Waals surface area (Å²) in [4.78, 5) is 40.3. The van der Waals surface area contributed by atoms with E-state index >= 15 is 0 Å². The van der Waals surface area contributed by atoms with Crippen molar-refractivity contribution in [3.05, 3.63) is 23.8 Å². The summed E-state index contributed by atoms with van der Waals surface area (Å²) in [6.07, 6.45) is -0.366. The van der Waals surface area contributed by atoms with Crippen LogP contribution in [0.5, 0.6) is 0 Å². The molecule has 0 aromatic heterocycles. The maximum absolute atomic E-state index is 13.9. The predicted molar refractivity (Wildman–Crippen MR) is 111 cm³/mol. The number of hydrogen-bond acceptors (Lipinski definition) is 8. The number of cyclic esters (lactones) is 2. The zero-order chi connectivity index (χ0) is 23.9. The first-order valence-corrected chi connectivity index (χ1v) is 11.6. The summed E-state index contributed by atoms with van der Waals surface area (Å²) >= 11 is 0. The molecule has 3 saturated heterocycles. The van der Waals surface area contributed by atoms with Gasteiger partial charge in [0.25, 0.3) is 0 Å². The fraction of sp³-hybridized carbons (Fsp3) is 0.720. The molecule has 0 radical (unpaired) electrons. The maximum atomic E-state index is 13.9. The molecule has 4 aliphatic heterocycles. The number of ketones is 1. The molecule has 0 amide bonds. The summed E-state index contributed by atoms with van der Waals surface area (Å²) in [7, 11) is 0. The van der Waals surface area contributed by atoms with Crippen molar-refractivity contribution in [3.8, 4) is 0 Å². The molecule has 4 bridgehead atoms. The number of fused-ring (bicyclic) bond motifs is 3. The van der Waals surface area contributed by atoms with E-state index in [9.17, 15) is 19.5 Å². The van der Waals surface area contributed by atoms with Crippen LogP contribution in [0, 0.1) is 22.2 Å². The average molecular weight is 456 g/mol. The number of Topliss-reactive ketones (excluding diaryl/α,β-unsaturated/α-hetero) is 1. The van der Waals surface area contributed by atoms with E-state index in [0.717, 1.165) is 0 Å². The monoisotopic (exact) mass is 456 g/mol. The Kier molecular flexibility index (Phi) is 2.91. The quantitative estimate of drug-likeness (QED) is 0.331. The van der Waals surface area contributed by atoms with Crippen LogP contribution in [0.1, 0.15) is 48.0 Å². The van der Waals surface area contributed by atoms with E-state index in [4.69, 9.17) is 18.9 Å². The second-order valence-corrected chi connectivity index (χ2v) is 12.2. The predicted octanol–water partition coefficient (Wildman–Crippen LogP) is 1.39. The fourth-order valence-electron chi connectivity index (χ4n) is 9.36. The van der Waals surface area contributed by atoms with Gasteiger partial charge >= 0.3 is 11.9 Å². The van der Waals surface area contributed by atoms with Gasteiger partial charge in [-0.2, -0.15) is 0 Å². The largest absolute Gasteiger partial charge is 0.458 e. The highest BCUT2D eigenvalue weighted by molar-refractivity contribution is 6.11. The molecule has 6 fully saturated rings. The number of esters is 2. The molecule has 10 atom stereocenters. The van der Waals surface area contributed by atoms with Crippen LogP contribution in [-0.4, -0.2) is 63.5 Å². The van der Waals surface area contributed by atoms with Crippen molar-refractivity contribution >= 4 is 17.7 Å². The van der Waals surface area contributed by atoms with Crippen LogP contribution in [-0.2, 0) is 33.3 Å². The zero-order valence-electron chi connectivity index (χ0n) is 19.6. The molecule has 8 nitrogen and oxygen atoms in total. The summed E-state index contributed by atoms with van der Waals surface area (Å²) in [6.45, 7) is 15.1. The van der Waals surface area contributed by atoms with Crippen molar-refractivity contribution in [3.63, 3.8) is 0 Å². The smallest absolute Gasteiger partial charge is 0.331 e. The molecule has 1 N–H and O–H groups in total. The van der Waals surface area contributed by atoms with Crippen molar-refractivity contribution in [1.29, 1.82) is 0 Å². The van der Waals surface area contributed by atoms with Crippen molar-refractivity contribution in [2.75, 3.05) is 0 Å². The molecule has 0 aromatic rings. The summed E-state index contributed by atoms with van der Waals surface area (Å²) in [5, 5.41) is 12.1. The Morgan fingerprint density at radius 2 is 1.73 bits per heavy atom. The van der Waals surface area contributed by atoms with E-state index in [1.165, 1.54) is 6.08 Å². The van der Waals surface area contributed by atoms with E-state index in [2.05, 4.69) is 6.58 Å². The van der Waals surface area contributed by atoms with Gasteiger partial charge in [0, 0.05) is 23.0 Å². The fourth-order valence-corrected chi connectivity index (χ4v) is 9.36. The second-order valence-electron chi connectivity index (χ2n) is 12.2. The normalized spacial score (nSPS) is 60.9. The highest BCUT2D eigenvalue weighted by Crippen LogP contribution is 2.84. The molecule has 3 aliphatic carbocycles. The molecule has 4 heterocycles. The Morgan fingerprint density at radius 1 is 1.06 bits per heavy atom. The van der Waals surface area contributed by atoms with Crippen LogP contribution in [0.2, 0.25) is 0 Å². The molecule has 7 rings (SSSR count). The molecule has 33 heavy (non-hydrogen) atoms. The summed E-state index contributed by atoms with van der Waals surface area (Å²) in [5.74, 6) is -1.90. The highest BCUT2D eigenvalue weighted by Gasteiger charge is 2.96. The van der Waals surface area contributed by atoms with Crippen LogP contribution in [0.3, 0.4) is 0 Å². The van der Waals surface area contributed by atoms with Gasteiger partial charge in [-0.15, -0.1) is 0 Å². The SMILES string of the molecule is C=C1[C@@]2(C)C[C@@H]3[C@](C)([C@H]4O[C@@]3(C)C3=CC(=O)OC(C)(C)[C@]35O[C@H]45)[C@]13C(=O)O[C@H](C)[C@]3(O)C2=O. The van der Waals surface area contributed by atoms with Crippen LogP contribution in [0.25, 0.3) is 0 Å². The van der Waals surface area contributed by atoms with E-state index in [-0.39, 0.29) is 5.92 Å². The molecule has 0 aromatic carbocycles. The molecule has 3 saturated carbocycles. The van der Waals surface area contributed by atoms with Gasteiger partial charge in [-0.3, -0.25) is 9.59 Å². The van der Waals surface area contributed by atoms with Crippen molar-refractivity contribution in [2.24, 2.45) is 22.2 Å². The first-order chi connectivity index (χ1) is 15.1.